The Hall–Kier alpha value is -2.97. The SMILES string of the molecule is COC1=CN(Cc2ccc3[nH]c(C(F)(F)F)cc3c2)C(C(N)=O)C=N1. The molecule has 9 heteroatoms. The molecule has 1 unspecified atom stereocenters. The maximum atomic E-state index is 12.8. The van der Waals surface area contributed by atoms with Crippen molar-refractivity contribution in [3.8, 4) is 0 Å². The number of nitrogens with two attached hydrogens (primary N) is 1. The Morgan fingerprint density at radius 2 is 2.16 bits per heavy atom. The number of halogens is 3. The number of primary amides is 1. The van der Waals surface area contributed by atoms with Crippen LogP contribution in [0.25, 0.3) is 10.9 Å². The van der Waals surface area contributed by atoms with Crippen LogP contribution in [0.2, 0.25) is 0 Å². The van der Waals surface area contributed by atoms with Crippen molar-refractivity contribution in [1.82, 2.24) is 9.88 Å². The first-order chi connectivity index (χ1) is 11.8. The minimum atomic E-state index is -4.43. The zero-order chi connectivity index (χ0) is 18.2. The van der Waals surface area contributed by atoms with E-state index in [0.29, 0.717) is 22.3 Å². The first-order valence-electron chi connectivity index (χ1n) is 7.32. The van der Waals surface area contributed by atoms with Crippen LogP contribution in [0.1, 0.15) is 11.3 Å². The van der Waals surface area contributed by atoms with Crippen LogP contribution < -0.4 is 5.73 Å². The lowest BCUT2D eigenvalue weighted by molar-refractivity contribution is -0.140. The third-order valence-electron chi connectivity index (χ3n) is 3.83. The van der Waals surface area contributed by atoms with E-state index in [0.717, 1.165) is 6.07 Å². The molecule has 0 aliphatic carbocycles. The predicted octanol–water partition coefficient (Wildman–Crippen LogP) is 2.37. The van der Waals surface area contributed by atoms with Crippen LogP contribution in [-0.2, 0) is 22.3 Å². The summed E-state index contributed by atoms with van der Waals surface area (Å²) < 4.78 is 43.4. The number of carbonyl (C=O) groups excluding carboxylic acids is 1. The van der Waals surface area contributed by atoms with Gasteiger partial charge in [-0.1, -0.05) is 6.07 Å². The molecule has 1 aromatic carbocycles. The molecule has 0 bridgehead atoms. The van der Waals surface area contributed by atoms with E-state index < -0.39 is 23.8 Å². The molecule has 132 valence electrons. The summed E-state index contributed by atoms with van der Waals surface area (Å²) in [6, 6.07) is 5.18. The van der Waals surface area contributed by atoms with Gasteiger partial charge in [-0.3, -0.25) is 4.79 Å². The topological polar surface area (TPSA) is 83.7 Å². The molecular weight excluding hydrogens is 337 g/mol. The Morgan fingerprint density at radius 3 is 2.80 bits per heavy atom. The van der Waals surface area contributed by atoms with Gasteiger partial charge in [-0.05, 0) is 23.8 Å². The number of hydrogen-bond acceptors (Lipinski definition) is 4. The van der Waals surface area contributed by atoms with Crippen molar-refractivity contribution in [2.45, 2.75) is 18.8 Å². The van der Waals surface area contributed by atoms with Crippen LogP contribution in [0.5, 0.6) is 0 Å². The highest BCUT2D eigenvalue weighted by Gasteiger charge is 2.32. The molecule has 3 N–H and O–H groups in total. The molecule has 1 aliphatic rings. The largest absolute Gasteiger partial charge is 0.480 e. The summed E-state index contributed by atoms with van der Waals surface area (Å²) in [5, 5.41) is 0.432. The number of aromatic nitrogens is 1. The molecule has 0 radical (unpaired) electrons. The summed E-state index contributed by atoms with van der Waals surface area (Å²) >= 11 is 0. The van der Waals surface area contributed by atoms with Gasteiger partial charge in [-0.2, -0.15) is 13.2 Å². The molecule has 25 heavy (non-hydrogen) atoms. The molecule has 1 atom stereocenters. The number of amides is 1. The van der Waals surface area contributed by atoms with E-state index in [1.54, 1.807) is 23.1 Å². The molecule has 1 aromatic heterocycles. The second-order valence-corrected chi connectivity index (χ2v) is 5.57. The zero-order valence-corrected chi connectivity index (χ0v) is 13.2. The number of rotatable bonds is 4. The molecule has 3 rings (SSSR count). The lowest BCUT2D eigenvalue weighted by atomic mass is 10.1. The maximum Gasteiger partial charge on any atom is 0.431 e. The number of hydrogen-bond donors (Lipinski definition) is 2. The number of alkyl halides is 3. The van der Waals surface area contributed by atoms with Crippen molar-refractivity contribution < 1.29 is 22.7 Å². The number of nitrogens with one attached hydrogen (secondary N) is 1. The summed E-state index contributed by atoms with van der Waals surface area (Å²) in [6.07, 6.45) is -1.52. The quantitative estimate of drug-likeness (QED) is 0.886. The van der Waals surface area contributed by atoms with Gasteiger partial charge in [0.25, 0.3) is 0 Å². The molecule has 0 saturated carbocycles. The normalized spacial score (nSPS) is 17.7. The number of aromatic amines is 1. The lowest BCUT2D eigenvalue weighted by Crippen LogP contribution is -2.44. The third kappa shape index (κ3) is 3.44. The highest BCUT2D eigenvalue weighted by Crippen LogP contribution is 2.31. The maximum absolute atomic E-state index is 12.8. The minimum absolute atomic E-state index is 0.259. The fourth-order valence-electron chi connectivity index (χ4n) is 2.62. The van der Waals surface area contributed by atoms with Crippen LogP contribution in [0.3, 0.4) is 0 Å². The fraction of sp³-hybridized carbons (Fsp3) is 0.250. The van der Waals surface area contributed by atoms with E-state index in [-0.39, 0.29) is 6.54 Å². The van der Waals surface area contributed by atoms with Gasteiger partial charge in [-0.25, -0.2) is 4.99 Å². The first-order valence-corrected chi connectivity index (χ1v) is 7.32. The van der Waals surface area contributed by atoms with E-state index in [9.17, 15) is 18.0 Å². The van der Waals surface area contributed by atoms with Crippen molar-refractivity contribution in [2.75, 3.05) is 7.11 Å². The summed E-state index contributed by atoms with van der Waals surface area (Å²) in [5.41, 5.74) is 5.66. The highest BCUT2D eigenvalue weighted by atomic mass is 19.4. The molecule has 0 spiro atoms. The summed E-state index contributed by atoms with van der Waals surface area (Å²) in [4.78, 5) is 19.5. The van der Waals surface area contributed by atoms with Crippen LogP contribution >= 0.6 is 0 Å². The Kier molecular flexibility index (Phi) is 4.15. The summed E-state index contributed by atoms with van der Waals surface area (Å²) in [5.74, 6) is -0.281. The average molecular weight is 352 g/mol. The van der Waals surface area contributed by atoms with Crippen LogP contribution in [0.15, 0.2) is 41.3 Å². The van der Waals surface area contributed by atoms with Gasteiger partial charge >= 0.3 is 6.18 Å². The zero-order valence-electron chi connectivity index (χ0n) is 13.2. The monoisotopic (exact) mass is 352 g/mol. The molecule has 0 fully saturated rings. The Labute approximate surface area is 140 Å². The molecule has 1 amide bonds. The van der Waals surface area contributed by atoms with Gasteiger partial charge in [0.2, 0.25) is 11.8 Å². The van der Waals surface area contributed by atoms with Crippen molar-refractivity contribution in [3.63, 3.8) is 0 Å². The number of carbonyl (C=O) groups is 1. The fourth-order valence-corrected chi connectivity index (χ4v) is 2.62. The van der Waals surface area contributed by atoms with Crippen LogP contribution in [0.4, 0.5) is 13.2 Å². The predicted molar refractivity (Wildman–Crippen MR) is 85.4 cm³/mol. The number of methoxy groups -OCH3 is 1. The van der Waals surface area contributed by atoms with Gasteiger partial charge in [-0.15, -0.1) is 0 Å². The second-order valence-electron chi connectivity index (χ2n) is 5.57. The van der Waals surface area contributed by atoms with Gasteiger partial charge in [0, 0.05) is 23.7 Å². The van der Waals surface area contributed by atoms with E-state index in [2.05, 4.69) is 9.98 Å². The number of fused-ring (bicyclic) bond motifs is 1. The number of aliphatic imine (C=N–C) groups is 1. The molecule has 6 nitrogen and oxygen atoms in total. The van der Waals surface area contributed by atoms with E-state index >= 15 is 0 Å². The lowest BCUT2D eigenvalue weighted by Gasteiger charge is -2.28. The molecule has 2 heterocycles. The average Bonchev–Trinajstić information content (AvgIpc) is 2.98. The molecule has 0 saturated heterocycles. The standard InChI is InChI=1S/C16H15F3N4O2/c1-25-14-8-23(12(6-21-14)15(20)24)7-9-2-3-11-10(4-9)5-13(22-11)16(17,18)19/h2-6,8,12,22H,7H2,1H3,(H2,20,24). The number of ether oxygens (including phenoxy) is 1. The molecule has 1 aliphatic heterocycles. The Balaban J connectivity index is 1.89. The minimum Gasteiger partial charge on any atom is -0.480 e. The smallest absolute Gasteiger partial charge is 0.431 e. The van der Waals surface area contributed by atoms with Crippen molar-refractivity contribution in [3.05, 3.63) is 47.6 Å². The van der Waals surface area contributed by atoms with E-state index in [1.165, 1.54) is 19.5 Å². The Bertz CT molecular complexity index is 870. The Morgan fingerprint density at radius 1 is 1.40 bits per heavy atom. The van der Waals surface area contributed by atoms with Crippen LogP contribution in [-0.4, -0.2) is 35.2 Å². The van der Waals surface area contributed by atoms with Crippen molar-refractivity contribution in [1.29, 1.82) is 0 Å². The van der Waals surface area contributed by atoms with Gasteiger partial charge < -0.3 is 20.4 Å². The highest BCUT2D eigenvalue weighted by molar-refractivity contribution is 5.97. The number of benzene rings is 1. The van der Waals surface area contributed by atoms with Gasteiger partial charge in [0.1, 0.15) is 11.7 Å². The first kappa shape index (κ1) is 16.9. The van der Waals surface area contributed by atoms with Gasteiger partial charge in [0.15, 0.2) is 0 Å². The number of nitrogens with zero attached hydrogens (tertiary/aromatic N) is 2. The van der Waals surface area contributed by atoms with E-state index in [4.69, 9.17) is 10.5 Å². The van der Waals surface area contributed by atoms with Crippen LogP contribution in [0, 0.1) is 0 Å². The van der Waals surface area contributed by atoms with Crippen molar-refractivity contribution in [2.24, 2.45) is 10.7 Å². The van der Waals surface area contributed by atoms with E-state index in [1.807, 2.05) is 0 Å². The summed E-state index contributed by atoms with van der Waals surface area (Å²) in [6.45, 7) is 0.259. The van der Waals surface area contributed by atoms with Gasteiger partial charge in [0.05, 0.1) is 13.3 Å². The second kappa shape index (κ2) is 6.15. The number of H-pyrrole nitrogens is 1. The summed E-state index contributed by atoms with van der Waals surface area (Å²) in [7, 11) is 1.44. The molecule has 2 aromatic rings. The third-order valence-corrected chi connectivity index (χ3v) is 3.83. The molecular formula is C16H15F3N4O2. The van der Waals surface area contributed by atoms with Crippen molar-refractivity contribution >= 4 is 23.0 Å².